The zero-order valence-corrected chi connectivity index (χ0v) is 17.0. The Kier molecular flexibility index (Phi) is 5.51. The minimum Gasteiger partial charge on any atom is -0.507 e. The predicted molar refractivity (Wildman–Crippen MR) is 115 cm³/mol. The quantitative estimate of drug-likeness (QED) is 0.354. The van der Waals surface area contributed by atoms with Gasteiger partial charge in [0.2, 0.25) is 0 Å². The van der Waals surface area contributed by atoms with Gasteiger partial charge in [-0.2, -0.15) is 0 Å². The lowest BCUT2D eigenvalue weighted by atomic mass is 10.00. The molecule has 1 fully saturated rings. The predicted octanol–water partition coefficient (Wildman–Crippen LogP) is 5.07. The summed E-state index contributed by atoms with van der Waals surface area (Å²) in [6.07, 6.45) is 0.622. The van der Waals surface area contributed by atoms with E-state index in [1.807, 2.05) is 47.8 Å². The first-order valence-electron chi connectivity index (χ1n) is 9.18. The van der Waals surface area contributed by atoms with E-state index < -0.39 is 17.7 Å². The molecule has 29 heavy (non-hydrogen) atoms. The molecule has 1 amide bonds. The number of aliphatic hydroxyl groups is 1. The Bertz CT molecular complexity index is 1060. The standard InChI is InChI=1S/C23H18ClNO3S/c24-17-10-8-16(9-11-17)21(26)19-20(18-7-4-14-29-18)25(23(28)22(19)27)13-12-15-5-2-1-3-6-15/h1-11,14,20,26H,12-13H2. The van der Waals surface area contributed by atoms with Crippen LogP contribution in [0.5, 0.6) is 0 Å². The molecule has 1 aliphatic heterocycles. The van der Waals surface area contributed by atoms with Gasteiger partial charge in [0.15, 0.2) is 0 Å². The molecule has 0 radical (unpaired) electrons. The van der Waals surface area contributed by atoms with Crippen molar-refractivity contribution in [3.8, 4) is 0 Å². The van der Waals surface area contributed by atoms with Crippen molar-refractivity contribution in [2.24, 2.45) is 0 Å². The van der Waals surface area contributed by atoms with Crippen molar-refractivity contribution >= 4 is 40.4 Å². The molecule has 6 heteroatoms. The molecule has 0 spiro atoms. The molecule has 2 heterocycles. The fraction of sp³-hybridized carbons (Fsp3) is 0.130. The molecule has 1 N–H and O–H groups in total. The number of halogens is 1. The van der Waals surface area contributed by atoms with Crippen LogP contribution < -0.4 is 0 Å². The number of benzene rings is 2. The van der Waals surface area contributed by atoms with Gasteiger partial charge in [0.05, 0.1) is 11.6 Å². The first-order chi connectivity index (χ1) is 14.1. The van der Waals surface area contributed by atoms with Crippen LogP contribution in [0.15, 0.2) is 77.7 Å². The Hall–Kier alpha value is -2.89. The number of ketones is 1. The monoisotopic (exact) mass is 423 g/mol. The van der Waals surface area contributed by atoms with Crippen molar-refractivity contribution in [1.29, 1.82) is 0 Å². The molecule has 1 saturated heterocycles. The highest BCUT2D eigenvalue weighted by molar-refractivity contribution is 7.10. The Labute approximate surface area is 177 Å². The van der Waals surface area contributed by atoms with Crippen molar-refractivity contribution < 1.29 is 14.7 Å². The van der Waals surface area contributed by atoms with Crippen LogP contribution in [0.3, 0.4) is 0 Å². The zero-order chi connectivity index (χ0) is 20.4. The molecule has 0 saturated carbocycles. The summed E-state index contributed by atoms with van der Waals surface area (Å²) in [6, 6.07) is 19.5. The van der Waals surface area contributed by atoms with Gasteiger partial charge < -0.3 is 10.0 Å². The summed E-state index contributed by atoms with van der Waals surface area (Å²) in [5.41, 5.74) is 1.65. The first kappa shape index (κ1) is 19.4. The Morgan fingerprint density at radius 1 is 1.00 bits per heavy atom. The number of nitrogens with zero attached hydrogens (tertiary/aromatic N) is 1. The molecule has 4 rings (SSSR count). The van der Waals surface area contributed by atoms with Gasteiger partial charge in [-0.3, -0.25) is 9.59 Å². The van der Waals surface area contributed by atoms with E-state index in [-0.39, 0.29) is 11.3 Å². The van der Waals surface area contributed by atoms with Gasteiger partial charge in [0.1, 0.15) is 5.76 Å². The van der Waals surface area contributed by atoms with Crippen molar-refractivity contribution in [2.45, 2.75) is 12.5 Å². The van der Waals surface area contributed by atoms with Crippen LogP contribution in [-0.2, 0) is 16.0 Å². The second-order valence-electron chi connectivity index (χ2n) is 6.75. The van der Waals surface area contributed by atoms with E-state index in [4.69, 9.17) is 11.6 Å². The summed E-state index contributed by atoms with van der Waals surface area (Å²) in [5.74, 6) is -1.43. The number of thiophene rings is 1. The lowest BCUT2D eigenvalue weighted by Gasteiger charge is -2.24. The molecule has 1 atom stereocenters. The highest BCUT2D eigenvalue weighted by Gasteiger charge is 2.46. The summed E-state index contributed by atoms with van der Waals surface area (Å²) in [7, 11) is 0. The summed E-state index contributed by atoms with van der Waals surface area (Å²) >= 11 is 7.39. The van der Waals surface area contributed by atoms with Crippen LogP contribution in [0, 0.1) is 0 Å². The molecule has 1 unspecified atom stereocenters. The van der Waals surface area contributed by atoms with Crippen molar-refractivity contribution in [1.82, 2.24) is 4.90 Å². The number of Topliss-reactive ketones (excluding diaryl/α,β-unsaturated/α-hetero) is 1. The largest absolute Gasteiger partial charge is 0.507 e. The Balaban J connectivity index is 1.74. The summed E-state index contributed by atoms with van der Waals surface area (Å²) < 4.78 is 0. The third-order valence-corrected chi connectivity index (χ3v) is 6.13. The van der Waals surface area contributed by atoms with Crippen molar-refractivity contribution in [3.05, 3.63) is 98.7 Å². The first-order valence-corrected chi connectivity index (χ1v) is 10.4. The number of likely N-dealkylation sites (tertiary alicyclic amines) is 1. The maximum absolute atomic E-state index is 12.9. The number of carbonyl (C=O) groups is 2. The number of amides is 1. The third-order valence-electron chi connectivity index (χ3n) is 4.95. The second kappa shape index (κ2) is 8.23. The molecule has 0 bridgehead atoms. The molecule has 2 aromatic carbocycles. The van der Waals surface area contributed by atoms with Crippen LogP contribution in [0.4, 0.5) is 0 Å². The Morgan fingerprint density at radius 3 is 2.38 bits per heavy atom. The summed E-state index contributed by atoms with van der Waals surface area (Å²) in [4.78, 5) is 28.1. The molecule has 1 aliphatic rings. The minimum absolute atomic E-state index is 0.118. The number of rotatable bonds is 5. The topological polar surface area (TPSA) is 57.6 Å². The highest BCUT2D eigenvalue weighted by Crippen LogP contribution is 2.41. The summed E-state index contributed by atoms with van der Waals surface area (Å²) in [6.45, 7) is 0.383. The average molecular weight is 424 g/mol. The number of aliphatic hydroxyl groups excluding tert-OH is 1. The van der Waals surface area contributed by atoms with E-state index in [0.29, 0.717) is 23.6 Å². The molecule has 1 aromatic heterocycles. The SMILES string of the molecule is O=C1C(=O)N(CCc2ccccc2)C(c2cccs2)C1=C(O)c1ccc(Cl)cc1. The molecule has 0 aliphatic carbocycles. The van der Waals surface area contributed by atoms with Gasteiger partial charge in [0.25, 0.3) is 11.7 Å². The zero-order valence-electron chi connectivity index (χ0n) is 15.4. The van der Waals surface area contributed by atoms with Crippen molar-refractivity contribution in [3.63, 3.8) is 0 Å². The van der Waals surface area contributed by atoms with E-state index >= 15 is 0 Å². The number of hydrogen-bond donors (Lipinski definition) is 1. The number of carbonyl (C=O) groups excluding carboxylic acids is 2. The minimum atomic E-state index is -0.663. The van der Waals surface area contributed by atoms with E-state index in [2.05, 4.69) is 0 Å². The summed E-state index contributed by atoms with van der Waals surface area (Å²) in [5, 5.41) is 13.3. The molecule has 3 aromatic rings. The van der Waals surface area contributed by atoms with Crippen molar-refractivity contribution in [2.75, 3.05) is 6.54 Å². The van der Waals surface area contributed by atoms with Crippen LogP contribution in [0.2, 0.25) is 5.02 Å². The van der Waals surface area contributed by atoms with E-state index in [0.717, 1.165) is 10.4 Å². The fourth-order valence-corrected chi connectivity index (χ4v) is 4.48. The highest BCUT2D eigenvalue weighted by atomic mass is 35.5. The molecule has 4 nitrogen and oxygen atoms in total. The number of hydrogen-bond acceptors (Lipinski definition) is 4. The van der Waals surface area contributed by atoms with Gasteiger partial charge in [-0.05, 0) is 47.7 Å². The smallest absolute Gasteiger partial charge is 0.295 e. The average Bonchev–Trinajstić information content (AvgIpc) is 3.35. The molecular formula is C23H18ClNO3S. The lowest BCUT2D eigenvalue weighted by molar-refractivity contribution is -0.139. The van der Waals surface area contributed by atoms with E-state index in [1.54, 1.807) is 29.2 Å². The van der Waals surface area contributed by atoms with Crippen LogP contribution in [0.1, 0.15) is 22.0 Å². The van der Waals surface area contributed by atoms with Gasteiger partial charge in [-0.15, -0.1) is 11.3 Å². The molecular weight excluding hydrogens is 406 g/mol. The van der Waals surface area contributed by atoms with Crippen LogP contribution in [0.25, 0.3) is 5.76 Å². The van der Waals surface area contributed by atoms with E-state index in [1.165, 1.54) is 11.3 Å². The van der Waals surface area contributed by atoms with Gasteiger partial charge in [-0.25, -0.2) is 0 Å². The Morgan fingerprint density at radius 2 is 1.72 bits per heavy atom. The second-order valence-corrected chi connectivity index (χ2v) is 8.17. The maximum atomic E-state index is 12.9. The fourth-order valence-electron chi connectivity index (χ4n) is 3.51. The van der Waals surface area contributed by atoms with Gasteiger partial charge >= 0.3 is 0 Å². The van der Waals surface area contributed by atoms with E-state index in [9.17, 15) is 14.7 Å². The third kappa shape index (κ3) is 3.84. The van der Waals surface area contributed by atoms with Gasteiger partial charge in [-0.1, -0.05) is 48.0 Å². The molecule has 146 valence electrons. The van der Waals surface area contributed by atoms with Gasteiger partial charge in [0, 0.05) is 22.0 Å². The lowest BCUT2D eigenvalue weighted by Crippen LogP contribution is -2.31. The van der Waals surface area contributed by atoms with Crippen LogP contribution >= 0.6 is 22.9 Å². The maximum Gasteiger partial charge on any atom is 0.295 e. The normalized spacial score (nSPS) is 18.4. The van der Waals surface area contributed by atoms with Crippen LogP contribution in [-0.4, -0.2) is 28.2 Å².